The van der Waals surface area contributed by atoms with Crippen molar-refractivity contribution in [2.24, 2.45) is 0 Å². The average Bonchev–Trinajstić information content (AvgIpc) is 2.18. The van der Waals surface area contributed by atoms with Crippen LogP contribution in [0.3, 0.4) is 0 Å². The minimum absolute atomic E-state index is 0.335. The lowest BCUT2D eigenvalue weighted by molar-refractivity contribution is 0.0697. The van der Waals surface area contributed by atoms with Crippen LogP contribution in [-0.2, 0) is 0 Å². The Balaban J connectivity index is 2.57. The second kappa shape index (κ2) is 5.61. The number of hydrogen-bond acceptors (Lipinski definition) is 2. The zero-order valence-electron chi connectivity index (χ0n) is 8.86. The van der Waals surface area contributed by atoms with Crippen molar-refractivity contribution in [1.29, 1.82) is 0 Å². The SMILES string of the molecule is CC(C)=CCSc1ccc(C(=O)O)cc1. The lowest BCUT2D eigenvalue weighted by Crippen LogP contribution is -1.94. The van der Waals surface area contributed by atoms with Gasteiger partial charge in [0.15, 0.2) is 0 Å². The van der Waals surface area contributed by atoms with Gasteiger partial charge in [-0.2, -0.15) is 0 Å². The summed E-state index contributed by atoms with van der Waals surface area (Å²) in [6.07, 6.45) is 2.15. The summed E-state index contributed by atoms with van der Waals surface area (Å²) in [5.74, 6) is 0.0465. The van der Waals surface area contributed by atoms with Crippen LogP contribution in [0, 0.1) is 0 Å². The lowest BCUT2D eigenvalue weighted by atomic mass is 10.2. The van der Waals surface area contributed by atoms with E-state index in [0.29, 0.717) is 5.56 Å². The van der Waals surface area contributed by atoms with Crippen molar-refractivity contribution in [2.45, 2.75) is 18.7 Å². The number of allylic oxidation sites excluding steroid dienone is 1. The van der Waals surface area contributed by atoms with Crippen LogP contribution in [0.1, 0.15) is 24.2 Å². The normalized spacial score (nSPS) is 9.73. The molecular weight excluding hydrogens is 208 g/mol. The Labute approximate surface area is 94.0 Å². The number of carboxylic acid groups (broad SMARTS) is 1. The first-order chi connectivity index (χ1) is 7.09. The van der Waals surface area contributed by atoms with Gasteiger partial charge in [-0.3, -0.25) is 0 Å². The molecule has 3 heteroatoms. The van der Waals surface area contributed by atoms with Crippen LogP contribution in [0.4, 0.5) is 0 Å². The van der Waals surface area contributed by atoms with Crippen molar-refractivity contribution in [3.8, 4) is 0 Å². The summed E-state index contributed by atoms with van der Waals surface area (Å²) in [5, 5.41) is 8.71. The molecular formula is C12H14O2S. The standard InChI is InChI=1S/C12H14O2S/c1-9(2)7-8-15-11-5-3-10(4-6-11)12(13)14/h3-7H,8H2,1-2H3,(H,13,14). The molecule has 0 bridgehead atoms. The summed E-state index contributed by atoms with van der Waals surface area (Å²) in [4.78, 5) is 11.7. The van der Waals surface area contributed by atoms with Crippen LogP contribution in [0.15, 0.2) is 40.8 Å². The molecule has 0 aromatic heterocycles. The number of thioether (sulfide) groups is 1. The molecule has 15 heavy (non-hydrogen) atoms. The maximum absolute atomic E-state index is 10.6. The maximum Gasteiger partial charge on any atom is 0.335 e. The smallest absolute Gasteiger partial charge is 0.335 e. The van der Waals surface area contributed by atoms with Crippen molar-refractivity contribution in [3.63, 3.8) is 0 Å². The van der Waals surface area contributed by atoms with Gasteiger partial charge >= 0.3 is 5.97 Å². The summed E-state index contributed by atoms with van der Waals surface area (Å²) in [6, 6.07) is 6.94. The molecule has 0 amide bonds. The Kier molecular flexibility index (Phi) is 4.43. The van der Waals surface area contributed by atoms with E-state index in [1.165, 1.54) is 5.57 Å². The molecule has 0 atom stereocenters. The average molecular weight is 222 g/mol. The molecule has 2 nitrogen and oxygen atoms in total. The molecule has 0 heterocycles. The molecule has 1 rings (SSSR count). The molecule has 0 aliphatic heterocycles. The number of aromatic carboxylic acids is 1. The van der Waals surface area contributed by atoms with Gasteiger partial charge < -0.3 is 5.11 Å². The molecule has 80 valence electrons. The van der Waals surface area contributed by atoms with E-state index in [2.05, 4.69) is 19.9 Å². The Morgan fingerprint density at radius 3 is 2.40 bits per heavy atom. The monoisotopic (exact) mass is 222 g/mol. The van der Waals surface area contributed by atoms with E-state index in [9.17, 15) is 4.79 Å². The van der Waals surface area contributed by atoms with Gasteiger partial charge in [0.05, 0.1) is 5.56 Å². The molecule has 0 aliphatic carbocycles. The molecule has 1 aromatic rings. The van der Waals surface area contributed by atoms with Crippen molar-refractivity contribution in [1.82, 2.24) is 0 Å². The quantitative estimate of drug-likeness (QED) is 0.626. The summed E-state index contributed by atoms with van der Waals surface area (Å²) >= 11 is 1.70. The highest BCUT2D eigenvalue weighted by Crippen LogP contribution is 2.18. The molecule has 0 fully saturated rings. The first kappa shape index (κ1) is 11.9. The molecule has 0 saturated carbocycles. The summed E-state index contributed by atoms with van der Waals surface area (Å²) in [7, 11) is 0. The van der Waals surface area contributed by atoms with E-state index in [0.717, 1.165) is 10.6 Å². The highest BCUT2D eigenvalue weighted by Gasteiger charge is 2.00. The first-order valence-electron chi connectivity index (χ1n) is 4.69. The fraction of sp³-hybridized carbons (Fsp3) is 0.250. The topological polar surface area (TPSA) is 37.3 Å². The summed E-state index contributed by atoms with van der Waals surface area (Å²) in [6.45, 7) is 4.13. The predicted octanol–water partition coefficient (Wildman–Crippen LogP) is 3.44. The number of carboxylic acids is 1. The molecule has 1 aromatic carbocycles. The molecule has 0 unspecified atom stereocenters. The van der Waals surface area contributed by atoms with Gasteiger partial charge in [0.2, 0.25) is 0 Å². The van der Waals surface area contributed by atoms with E-state index in [1.54, 1.807) is 23.9 Å². The van der Waals surface area contributed by atoms with Gasteiger partial charge in [0.1, 0.15) is 0 Å². The van der Waals surface area contributed by atoms with Crippen LogP contribution in [-0.4, -0.2) is 16.8 Å². The Morgan fingerprint density at radius 2 is 1.93 bits per heavy atom. The third kappa shape index (κ3) is 4.21. The fourth-order valence-electron chi connectivity index (χ4n) is 0.998. The maximum atomic E-state index is 10.6. The van der Waals surface area contributed by atoms with Gasteiger partial charge in [-0.05, 0) is 38.1 Å². The van der Waals surface area contributed by atoms with Crippen molar-refractivity contribution >= 4 is 17.7 Å². The Bertz CT molecular complexity index is 362. The van der Waals surface area contributed by atoms with Crippen molar-refractivity contribution in [3.05, 3.63) is 41.5 Å². The van der Waals surface area contributed by atoms with E-state index < -0.39 is 5.97 Å². The van der Waals surface area contributed by atoms with Gasteiger partial charge in [-0.1, -0.05) is 11.6 Å². The van der Waals surface area contributed by atoms with E-state index in [-0.39, 0.29) is 0 Å². The van der Waals surface area contributed by atoms with Crippen LogP contribution in [0.2, 0.25) is 0 Å². The lowest BCUT2D eigenvalue weighted by Gasteiger charge is -1.99. The minimum atomic E-state index is -0.879. The summed E-state index contributed by atoms with van der Waals surface area (Å²) < 4.78 is 0. The molecule has 0 spiro atoms. The largest absolute Gasteiger partial charge is 0.478 e. The Hall–Kier alpha value is -1.22. The zero-order valence-corrected chi connectivity index (χ0v) is 9.67. The zero-order chi connectivity index (χ0) is 11.3. The van der Waals surface area contributed by atoms with Gasteiger partial charge in [0.25, 0.3) is 0 Å². The fourth-order valence-corrected chi connectivity index (χ4v) is 1.94. The van der Waals surface area contributed by atoms with Gasteiger partial charge in [0, 0.05) is 10.6 Å². The van der Waals surface area contributed by atoms with Gasteiger partial charge in [-0.25, -0.2) is 4.79 Å². The Morgan fingerprint density at radius 1 is 1.33 bits per heavy atom. The van der Waals surface area contributed by atoms with Crippen molar-refractivity contribution < 1.29 is 9.90 Å². The summed E-state index contributed by atoms with van der Waals surface area (Å²) in [5.41, 5.74) is 1.63. The molecule has 0 aliphatic rings. The first-order valence-corrected chi connectivity index (χ1v) is 5.67. The second-order valence-corrected chi connectivity index (χ2v) is 4.52. The van der Waals surface area contributed by atoms with E-state index in [1.807, 2.05) is 12.1 Å². The van der Waals surface area contributed by atoms with Crippen LogP contribution in [0.25, 0.3) is 0 Å². The minimum Gasteiger partial charge on any atom is -0.478 e. The van der Waals surface area contributed by atoms with Crippen LogP contribution in [0.5, 0.6) is 0 Å². The third-order valence-electron chi connectivity index (χ3n) is 1.84. The number of benzene rings is 1. The van der Waals surface area contributed by atoms with E-state index in [4.69, 9.17) is 5.11 Å². The molecule has 0 saturated heterocycles. The van der Waals surface area contributed by atoms with Gasteiger partial charge in [-0.15, -0.1) is 11.8 Å². The van der Waals surface area contributed by atoms with Crippen LogP contribution < -0.4 is 0 Å². The number of rotatable bonds is 4. The molecule has 0 radical (unpaired) electrons. The highest BCUT2D eigenvalue weighted by atomic mass is 32.2. The second-order valence-electron chi connectivity index (χ2n) is 3.42. The third-order valence-corrected chi connectivity index (χ3v) is 2.78. The molecule has 1 N–H and O–H groups in total. The number of carbonyl (C=O) groups is 1. The van der Waals surface area contributed by atoms with Crippen LogP contribution >= 0.6 is 11.8 Å². The number of hydrogen-bond donors (Lipinski definition) is 1. The highest BCUT2D eigenvalue weighted by molar-refractivity contribution is 7.99. The predicted molar refractivity (Wildman–Crippen MR) is 63.6 cm³/mol. The van der Waals surface area contributed by atoms with E-state index >= 15 is 0 Å². The van der Waals surface area contributed by atoms with Crippen molar-refractivity contribution in [2.75, 3.05) is 5.75 Å².